The molecule has 0 spiro atoms. The molecule has 110 valence electrons. The summed E-state index contributed by atoms with van der Waals surface area (Å²) in [7, 11) is 1.53. The minimum absolute atomic E-state index is 0.240. The molecule has 3 N–H and O–H groups in total. The SMILES string of the molecule is CNC(=O)[C@@H](CC(C)C)NC(=O)c1c[nH]c(=O)c(Br)c1. The van der Waals surface area contributed by atoms with Crippen molar-refractivity contribution >= 4 is 27.7 Å². The molecule has 6 nitrogen and oxygen atoms in total. The summed E-state index contributed by atoms with van der Waals surface area (Å²) in [4.78, 5) is 37.5. The third kappa shape index (κ3) is 4.48. The fourth-order valence-electron chi connectivity index (χ4n) is 1.71. The molecule has 0 bridgehead atoms. The van der Waals surface area contributed by atoms with Crippen LogP contribution >= 0.6 is 15.9 Å². The zero-order valence-corrected chi connectivity index (χ0v) is 13.2. The lowest BCUT2D eigenvalue weighted by molar-refractivity contribution is -0.122. The number of aromatic amines is 1. The van der Waals surface area contributed by atoms with Crippen LogP contribution in [0.15, 0.2) is 21.5 Å². The summed E-state index contributed by atoms with van der Waals surface area (Å²) < 4.78 is 0.269. The highest BCUT2D eigenvalue weighted by atomic mass is 79.9. The van der Waals surface area contributed by atoms with Gasteiger partial charge in [-0.25, -0.2) is 0 Å². The number of halogens is 1. The van der Waals surface area contributed by atoms with E-state index in [9.17, 15) is 14.4 Å². The van der Waals surface area contributed by atoms with E-state index in [1.54, 1.807) is 0 Å². The van der Waals surface area contributed by atoms with E-state index in [0.717, 1.165) is 0 Å². The second-order valence-electron chi connectivity index (χ2n) is 4.84. The largest absolute Gasteiger partial charge is 0.357 e. The van der Waals surface area contributed by atoms with Crippen molar-refractivity contribution in [3.8, 4) is 0 Å². The van der Waals surface area contributed by atoms with E-state index in [4.69, 9.17) is 0 Å². The van der Waals surface area contributed by atoms with Gasteiger partial charge in [0, 0.05) is 13.2 Å². The molecule has 0 aliphatic heterocycles. The minimum atomic E-state index is -0.599. The highest BCUT2D eigenvalue weighted by Gasteiger charge is 2.21. The van der Waals surface area contributed by atoms with Crippen molar-refractivity contribution < 1.29 is 9.59 Å². The van der Waals surface area contributed by atoms with Gasteiger partial charge in [-0.3, -0.25) is 14.4 Å². The van der Waals surface area contributed by atoms with Crippen LogP contribution in [0.25, 0.3) is 0 Å². The van der Waals surface area contributed by atoms with Crippen LogP contribution in [0.3, 0.4) is 0 Å². The lowest BCUT2D eigenvalue weighted by Gasteiger charge is -2.19. The van der Waals surface area contributed by atoms with Crippen LogP contribution < -0.4 is 16.2 Å². The van der Waals surface area contributed by atoms with Crippen molar-refractivity contribution in [1.29, 1.82) is 0 Å². The molecule has 1 rings (SSSR count). The number of carbonyl (C=O) groups is 2. The van der Waals surface area contributed by atoms with E-state index in [1.165, 1.54) is 19.3 Å². The third-order valence-corrected chi connectivity index (χ3v) is 3.28. The normalized spacial score (nSPS) is 12.1. The smallest absolute Gasteiger partial charge is 0.262 e. The molecule has 1 heterocycles. The zero-order chi connectivity index (χ0) is 15.3. The number of amides is 2. The van der Waals surface area contributed by atoms with Gasteiger partial charge >= 0.3 is 0 Å². The Balaban J connectivity index is 2.86. The van der Waals surface area contributed by atoms with Crippen LogP contribution in [0, 0.1) is 5.92 Å². The first kappa shape index (κ1) is 16.4. The first-order valence-corrected chi connectivity index (χ1v) is 7.05. The molecule has 2 amide bonds. The van der Waals surface area contributed by atoms with E-state index >= 15 is 0 Å². The molecule has 0 aliphatic rings. The average Bonchev–Trinajstić information content (AvgIpc) is 2.39. The number of hydrogen-bond acceptors (Lipinski definition) is 3. The van der Waals surface area contributed by atoms with Gasteiger partial charge in [0.2, 0.25) is 5.91 Å². The van der Waals surface area contributed by atoms with Crippen LogP contribution in [0.5, 0.6) is 0 Å². The molecular formula is C13H18BrN3O3. The molecule has 7 heteroatoms. The number of nitrogens with one attached hydrogen (secondary N) is 3. The molecular weight excluding hydrogens is 326 g/mol. The maximum atomic E-state index is 12.1. The van der Waals surface area contributed by atoms with Gasteiger partial charge < -0.3 is 15.6 Å². The summed E-state index contributed by atoms with van der Waals surface area (Å²) in [6, 6.07) is 0.822. The number of pyridine rings is 1. The molecule has 0 saturated heterocycles. The van der Waals surface area contributed by atoms with Crippen molar-refractivity contribution in [1.82, 2.24) is 15.6 Å². The average molecular weight is 344 g/mol. The van der Waals surface area contributed by atoms with Crippen LogP contribution in [0.1, 0.15) is 30.6 Å². The molecule has 0 radical (unpaired) electrons. The summed E-state index contributed by atoms with van der Waals surface area (Å²) in [6.07, 6.45) is 1.86. The molecule has 0 unspecified atom stereocenters. The van der Waals surface area contributed by atoms with E-state index < -0.39 is 11.9 Å². The number of hydrogen-bond donors (Lipinski definition) is 3. The van der Waals surface area contributed by atoms with Gasteiger partial charge in [-0.1, -0.05) is 13.8 Å². The Morgan fingerprint density at radius 2 is 2.05 bits per heavy atom. The summed E-state index contributed by atoms with van der Waals surface area (Å²) in [5.41, 5.74) is -0.0271. The molecule has 0 saturated carbocycles. The number of likely N-dealkylation sites (N-methyl/N-ethyl adjacent to an activating group) is 1. The zero-order valence-electron chi connectivity index (χ0n) is 11.6. The van der Waals surface area contributed by atoms with Gasteiger partial charge in [0.1, 0.15) is 6.04 Å². The summed E-state index contributed by atoms with van der Waals surface area (Å²) >= 11 is 3.06. The van der Waals surface area contributed by atoms with Crippen LogP contribution in [0.4, 0.5) is 0 Å². The second kappa shape index (κ2) is 7.23. The third-order valence-electron chi connectivity index (χ3n) is 2.70. The maximum absolute atomic E-state index is 12.1. The van der Waals surface area contributed by atoms with Gasteiger partial charge in [0.25, 0.3) is 11.5 Å². The maximum Gasteiger partial charge on any atom is 0.262 e. The van der Waals surface area contributed by atoms with Gasteiger partial charge in [0.05, 0.1) is 10.0 Å². The molecule has 20 heavy (non-hydrogen) atoms. The fourth-order valence-corrected chi connectivity index (χ4v) is 2.07. The van der Waals surface area contributed by atoms with Crippen LogP contribution in [-0.4, -0.2) is 29.9 Å². The quantitative estimate of drug-likeness (QED) is 0.745. The van der Waals surface area contributed by atoms with Crippen molar-refractivity contribution in [3.05, 3.63) is 32.7 Å². The Kier molecular flexibility index (Phi) is 5.94. The van der Waals surface area contributed by atoms with Crippen molar-refractivity contribution in [3.63, 3.8) is 0 Å². The fraction of sp³-hybridized carbons (Fsp3) is 0.462. The van der Waals surface area contributed by atoms with Gasteiger partial charge in [-0.2, -0.15) is 0 Å². The molecule has 1 aromatic rings. The van der Waals surface area contributed by atoms with E-state index in [0.29, 0.717) is 6.42 Å². The predicted molar refractivity (Wildman–Crippen MR) is 79.5 cm³/mol. The van der Waals surface area contributed by atoms with Crippen molar-refractivity contribution in [2.75, 3.05) is 7.05 Å². The second-order valence-corrected chi connectivity index (χ2v) is 5.69. The summed E-state index contributed by atoms with van der Waals surface area (Å²) in [5, 5.41) is 5.20. The van der Waals surface area contributed by atoms with Crippen molar-refractivity contribution in [2.45, 2.75) is 26.3 Å². The lowest BCUT2D eigenvalue weighted by Crippen LogP contribution is -2.46. The Bertz CT molecular complexity index is 554. The summed E-state index contributed by atoms with van der Waals surface area (Å²) in [6.45, 7) is 3.94. The highest BCUT2D eigenvalue weighted by Crippen LogP contribution is 2.08. The first-order chi connectivity index (χ1) is 9.35. The lowest BCUT2D eigenvalue weighted by atomic mass is 10.0. The standard InChI is InChI=1S/C13H18BrN3O3/c1-7(2)4-10(13(20)15-3)17-11(18)8-5-9(14)12(19)16-6-8/h5-7,10H,4H2,1-3H3,(H,15,20)(H,16,19)(H,17,18)/t10-/m1/s1. The van der Waals surface area contributed by atoms with Crippen LogP contribution in [0.2, 0.25) is 0 Å². The predicted octanol–water partition coefficient (Wildman–Crippen LogP) is 1.03. The van der Waals surface area contributed by atoms with Gasteiger partial charge in [0.15, 0.2) is 0 Å². The summed E-state index contributed by atoms with van der Waals surface area (Å²) in [5.74, 6) is -0.383. The Morgan fingerprint density at radius 1 is 1.40 bits per heavy atom. The molecule has 0 aliphatic carbocycles. The first-order valence-electron chi connectivity index (χ1n) is 6.25. The Morgan fingerprint density at radius 3 is 2.55 bits per heavy atom. The van der Waals surface area contributed by atoms with E-state index in [-0.39, 0.29) is 27.4 Å². The number of carbonyl (C=O) groups excluding carboxylic acids is 2. The van der Waals surface area contributed by atoms with E-state index in [2.05, 4.69) is 31.5 Å². The number of aromatic nitrogens is 1. The minimum Gasteiger partial charge on any atom is -0.357 e. The number of rotatable bonds is 5. The Hall–Kier alpha value is -1.63. The molecule has 0 aromatic carbocycles. The molecule has 1 atom stereocenters. The number of H-pyrrole nitrogens is 1. The van der Waals surface area contributed by atoms with Gasteiger partial charge in [-0.15, -0.1) is 0 Å². The van der Waals surface area contributed by atoms with Gasteiger partial charge in [-0.05, 0) is 34.3 Å². The monoisotopic (exact) mass is 343 g/mol. The molecule has 1 aromatic heterocycles. The Labute approximate surface area is 125 Å². The van der Waals surface area contributed by atoms with Crippen LogP contribution in [-0.2, 0) is 4.79 Å². The topological polar surface area (TPSA) is 91.1 Å². The van der Waals surface area contributed by atoms with E-state index in [1.807, 2.05) is 13.8 Å². The van der Waals surface area contributed by atoms with Crippen molar-refractivity contribution in [2.24, 2.45) is 5.92 Å². The highest BCUT2D eigenvalue weighted by molar-refractivity contribution is 9.10. The molecule has 0 fully saturated rings.